The molecule has 0 bridgehead atoms. The molecule has 0 saturated carbocycles. The smallest absolute Gasteiger partial charge is 0.251 e. The maximum absolute atomic E-state index is 12.2. The van der Waals surface area contributed by atoms with Gasteiger partial charge in [-0.2, -0.15) is 0 Å². The number of carbonyl (C=O) groups is 1. The van der Waals surface area contributed by atoms with E-state index in [9.17, 15) is 4.79 Å². The number of nitrogens with one attached hydrogen (secondary N) is 1. The van der Waals surface area contributed by atoms with Crippen LogP contribution in [0.5, 0.6) is 0 Å². The van der Waals surface area contributed by atoms with E-state index in [0.717, 1.165) is 21.9 Å². The van der Waals surface area contributed by atoms with E-state index < -0.39 is 0 Å². The molecule has 3 rings (SSSR count). The van der Waals surface area contributed by atoms with Crippen LogP contribution in [0.4, 0.5) is 0 Å². The van der Waals surface area contributed by atoms with E-state index in [-0.39, 0.29) is 11.9 Å². The van der Waals surface area contributed by atoms with Gasteiger partial charge in [-0.05, 0) is 49.1 Å². The van der Waals surface area contributed by atoms with Crippen LogP contribution in [-0.4, -0.2) is 16.9 Å². The highest BCUT2D eigenvalue weighted by atomic mass is 35.5. The summed E-state index contributed by atoms with van der Waals surface area (Å²) in [5, 5.41) is 5.61. The number of hydrogen-bond donors (Lipinski definition) is 1. The SMILES string of the molecule is CC(C)NC(=O)c1ccc2cncc(-c3ccc(Cl)cc3)c2c1. The van der Waals surface area contributed by atoms with Crippen molar-refractivity contribution in [2.75, 3.05) is 0 Å². The highest BCUT2D eigenvalue weighted by Crippen LogP contribution is 2.29. The first kappa shape index (κ1) is 15.5. The molecule has 0 atom stereocenters. The Hall–Kier alpha value is -2.39. The predicted octanol–water partition coefficient (Wildman–Crippen LogP) is 4.69. The Balaban J connectivity index is 2.11. The number of nitrogens with zero attached hydrogens (tertiary/aromatic N) is 1. The average Bonchev–Trinajstić information content (AvgIpc) is 2.54. The van der Waals surface area contributed by atoms with Crippen LogP contribution in [0.2, 0.25) is 5.02 Å². The first-order valence-corrected chi connectivity index (χ1v) is 7.87. The van der Waals surface area contributed by atoms with Crippen LogP contribution in [0, 0.1) is 0 Å². The number of benzene rings is 2. The number of rotatable bonds is 3. The second-order valence-corrected chi connectivity index (χ2v) is 6.19. The van der Waals surface area contributed by atoms with Crippen LogP contribution in [0.3, 0.4) is 0 Å². The van der Waals surface area contributed by atoms with E-state index in [1.165, 1.54) is 0 Å². The molecule has 0 aliphatic carbocycles. The lowest BCUT2D eigenvalue weighted by Crippen LogP contribution is -2.29. The highest BCUT2D eigenvalue weighted by molar-refractivity contribution is 6.30. The maximum atomic E-state index is 12.2. The molecular formula is C19H17ClN2O. The molecule has 1 amide bonds. The molecule has 0 saturated heterocycles. The van der Waals surface area contributed by atoms with Crippen LogP contribution in [-0.2, 0) is 0 Å². The molecule has 0 aliphatic rings. The number of amides is 1. The first-order valence-electron chi connectivity index (χ1n) is 7.49. The molecule has 4 heteroatoms. The normalized spacial score (nSPS) is 11.0. The summed E-state index contributed by atoms with van der Waals surface area (Å²) in [4.78, 5) is 16.5. The van der Waals surface area contributed by atoms with Gasteiger partial charge in [0.25, 0.3) is 5.91 Å². The Kier molecular flexibility index (Phi) is 4.30. The summed E-state index contributed by atoms with van der Waals surface area (Å²) < 4.78 is 0. The Morgan fingerprint density at radius 1 is 1.09 bits per heavy atom. The molecular weight excluding hydrogens is 308 g/mol. The van der Waals surface area contributed by atoms with Crippen molar-refractivity contribution in [3.05, 3.63) is 65.4 Å². The minimum Gasteiger partial charge on any atom is -0.350 e. The fourth-order valence-corrected chi connectivity index (χ4v) is 2.64. The van der Waals surface area contributed by atoms with Gasteiger partial charge in [0.2, 0.25) is 0 Å². The van der Waals surface area contributed by atoms with Gasteiger partial charge in [-0.1, -0.05) is 29.8 Å². The summed E-state index contributed by atoms with van der Waals surface area (Å²) in [5.74, 6) is -0.0687. The van der Waals surface area contributed by atoms with Crippen molar-refractivity contribution >= 4 is 28.3 Å². The van der Waals surface area contributed by atoms with Gasteiger partial charge in [-0.25, -0.2) is 0 Å². The van der Waals surface area contributed by atoms with Crippen LogP contribution in [0.25, 0.3) is 21.9 Å². The van der Waals surface area contributed by atoms with E-state index in [2.05, 4.69) is 10.3 Å². The monoisotopic (exact) mass is 324 g/mol. The fourth-order valence-electron chi connectivity index (χ4n) is 2.51. The number of pyridine rings is 1. The topological polar surface area (TPSA) is 42.0 Å². The summed E-state index contributed by atoms with van der Waals surface area (Å²) in [6.45, 7) is 3.89. The zero-order valence-electron chi connectivity index (χ0n) is 13.0. The minimum atomic E-state index is -0.0687. The van der Waals surface area contributed by atoms with Crippen molar-refractivity contribution in [2.24, 2.45) is 0 Å². The van der Waals surface area contributed by atoms with Gasteiger partial charge in [-0.3, -0.25) is 9.78 Å². The summed E-state index contributed by atoms with van der Waals surface area (Å²) in [5.41, 5.74) is 2.65. The van der Waals surface area contributed by atoms with Crippen molar-refractivity contribution in [1.82, 2.24) is 10.3 Å². The van der Waals surface area contributed by atoms with E-state index >= 15 is 0 Å². The lowest BCUT2D eigenvalue weighted by atomic mass is 9.99. The van der Waals surface area contributed by atoms with E-state index in [0.29, 0.717) is 10.6 Å². The number of halogens is 1. The summed E-state index contributed by atoms with van der Waals surface area (Å²) in [6, 6.07) is 13.4. The van der Waals surface area contributed by atoms with E-state index in [1.807, 2.05) is 62.5 Å². The van der Waals surface area contributed by atoms with Gasteiger partial charge in [-0.15, -0.1) is 0 Å². The van der Waals surface area contributed by atoms with Crippen LogP contribution in [0.15, 0.2) is 54.9 Å². The van der Waals surface area contributed by atoms with Crippen LogP contribution in [0.1, 0.15) is 24.2 Å². The molecule has 3 aromatic rings. The average molecular weight is 325 g/mol. The van der Waals surface area contributed by atoms with Crippen molar-refractivity contribution in [3.63, 3.8) is 0 Å². The molecule has 2 aromatic carbocycles. The zero-order valence-corrected chi connectivity index (χ0v) is 13.8. The van der Waals surface area contributed by atoms with Gasteiger partial charge in [0, 0.05) is 40.0 Å². The molecule has 0 radical (unpaired) electrons. The first-order chi connectivity index (χ1) is 11.0. The Labute approximate surface area is 140 Å². The summed E-state index contributed by atoms with van der Waals surface area (Å²) in [6.07, 6.45) is 3.62. The van der Waals surface area contributed by atoms with Gasteiger partial charge in [0.15, 0.2) is 0 Å². The third kappa shape index (κ3) is 3.35. The Morgan fingerprint density at radius 2 is 1.83 bits per heavy atom. The molecule has 0 unspecified atom stereocenters. The summed E-state index contributed by atoms with van der Waals surface area (Å²) in [7, 11) is 0. The summed E-state index contributed by atoms with van der Waals surface area (Å²) >= 11 is 5.96. The molecule has 0 aliphatic heterocycles. The largest absolute Gasteiger partial charge is 0.350 e. The molecule has 3 nitrogen and oxygen atoms in total. The lowest BCUT2D eigenvalue weighted by molar-refractivity contribution is 0.0943. The van der Waals surface area contributed by atoms with Crippen molar-refractivity contribution in [3.8, 4) is 11.1 Å². The van der Waals surface area contributed by atoms with Crippen LogP contribution < -0.4 is 5.32 Å². The van der Waals surface area contributed by atoms with Gasteiger partial charge < -0.3 is 5.32 Å². The van der Waals surface area contributed by atoms with Crippen molar-refractivity contribution in [2.45, 2.75) is 19.9 Å². The van der Waals surface area contributed by atoms with Gasteiger partial charge in [0.05, 0.1) is 0 Å². The predicted molar refractivity (Wildman–Crippen MR) is 94.8 cm³/mol. The Morgan fingerprint density at radius 3 is 2.52 bits per heavy atom. The van der Waals surface area contributed by atoms with Crippen molar-refractivity contribution < 1.29 is 4.79 Å². The standard InChI is InChI=1S/C19H17ClN2O/c1-12(2)22-19(23)14-3-4-15-10-21-11-18(17(15)9-14)13-5-7-16(20)8-6-13/h3-12H,1-2H3,(H,22,23). The third-order valence-electron chi connectivity index (χ3n) is 3.60. The fraction of sp³-hybridized carbons (Fsp3) is 0.158. The zero-order chi connectivity index (χ0) is 16.4. The van der Waals surface area contributed by atoms with E-state index in [4.69, 9.17) is 11.6 Å². The lowest BCUT2D eigenvalue weighted by Gasteiger charge is -2.11. The molecule has 23 heavy (non-hydrogen) atoms. The number of aromatic nitrogens is 1. The highest BCUT2D eigenvalue weighted by Gasteiger charge is 2.10. The maximum Gasteiger partial charge on any atom is 0.251 e. The molecule has 0 spiro atoms. The molecule has 0 fully saturated rings. The second-order valence-electron chi connectivity index (χ2n) is 5.76. The molecule has 1 N–H and O–H groups in total. The van der Waals surface area contributed by atoms with E-state index in [1.54, 1.807) is 6.20 Å². The number of carbonyl (C=O) groups excluding carboxylic acids is 1. The molecule has 1 aromatic heterocycles. The molecule has 1 heterocycles. The minimum absolute atomic E-state index is 0.0687. The van der Waals surface area contributed by atoms with Crippen LogP contribution >= 0.6 is 11.6 Å². The number of fused-ring (bicyclic) bond motifs is 1. The van der Waals surface area contributed by atoms with Crippen molar-refractivity contribution in [1.29, 1.82) is 0 Å². The van der Waals surface area contributed by atoms with Gasteiger partial charge in [0.1, 0.15) is 0 Å². The van der Waals surface area contributed by atoms with Gasteiger partial charge >= 0.3 is 0 Å². The second kappa shape index (κ2) is 6.39. The molecule has 116 valence electrons. The third-order valence-corrected chi connectivity index (χ3v) is 3.85. The quantitative estimate of drug-likeness (QED) is 0.759. The Bertz CT molecular complexity index is 857. The number of hydrogen-bond acceptors (Lipinski definition) is 2.